The molecule has 0 radical (unpaired) electrons. The second-order valence-electron chi connectivity index (χ2n) is 21.1. The van der Waals surface area contributed by atoms with Gasteiger partial charge in [0, 0.05) is 98.6 Å². The molecular weight excluding hydrogens is 1090 g/mol. The van der Waals surface area contributed by atoms with Gasteiger partial charge in [-0.15, -0.1) is 48.1 Å². The molecule has 0 atom stereocenters. The zero-order valence-corrected chi connectivity index (χ0v) is 45.6. The summed E-state index contributed by atoms with van der Waals surface area (Å²) in [4.78, 5) is 19.9. The Bertz CT molecular complexity index is 3370. The SMILES string of the molecule is CN1CCCN(C)C1(c1ccccc1)c1cccc(C2(c3ccccc3)N(C)CCCN2C)c1N1[CH-]N(c2[c-]c(Oc3[c-]c4c(cc3)c3ccccc3n4-c3cc(C(C)(C)C)ccn3)ccc2)c2ccccc21.[Pt]. The second-order valence-corrected chi connectivity index (χ2v) is 21.1. The van der Waals surface area contributed by atoms with Crippen LogP contribution in [0.25, 0.3) is 27.6 Å². The van der Waals surface area contributed by atoms with Crippen LogP contribution in [0.3, 0.4) is 0 Å². The van der Waals surface area contributed by atoms with Crippen molar-refractivity contribution in [1.82, 2.24) is 29.2 Å². The van der Waals surface area contributed by atoms with Crippen LogP contribution in [0.5, 0.6) is 11.5 Å². The maximum atomic E-state index is 6.80. The van der Waals surface area contributed by atoms with E-state index in [9.17, 15) is 0 Å². The first kappa shape index (κ1) is 49.6. The van der Waals surface area contributed by atoms with Gasteiger partial charge in [0.1, 0.15) is 17.1 Å². The average molecular weight is 1160 g/mol. The van der Waals surface area contributed by atoms with Gasteiger partial charge in [-0.05, 0) is 98.9 Å². The molecule has 2 aromatic heterocycles. The molecule has 74 heavy (non-hydrogen) atoms. The molecule has 0 saturated carbocycles. The van der Waals surface area contributed by atoms with E-state index in [4.69, 9.17) is 9.72 Å². The molecule has 0 aliphatic carbocycles. The summed E-state index contributed by atoms with van der Waals surface area (Å²) in [6.45, 7) is 12.8. The van der Waals surface area contributed by atoms with E-state index >= 15 is 0 Å². The number of para-hydroxylation sites is 4. The smallest absolute Gasteiger partial charge is 0.135 e. The number of aromatic nitrogens is 2. The fraction of sp³-hybridized carbons (Fsp3) is 0.250. The van der Waals surface area contributed by atoms with E-state index in [1.165, 1.54) is 27.8 Å². The van der Waals surface area contributed by atoms with Crippen LogP contribution < -0.4 is 14.5 Å². The standard InChI is InChI=1S/C64H63N8O.Pt/c1-62(2,3)48-36-37-65-60(42-48)72-56-31-15-14-28-52(56)53-35-34-51(44-59(53)72)73-50-27-18-26-49(43-50)70-45-71(58-33-17-16-32-57(58)70)61-54(63(46-22-10-8-11-23-46)66(4)38-20-39-67(63)5)29-19-30-55(61)64(47-24-12-9-13-25-47)68(6)40-21-41-69(64)7;/h8-19,22-37,42,45H,20-21,38-41H2,1-7H3;/q-3;. The van der Waals surface area contributed by atoms with Gasteiger partial charge in [-0.3, -0.25) is 19.6 Å². The summed E-state index contributed by atoms with van der Waals surface area (Å²) < 4.78 is 9.01. The van der Waals surface area contributed by atoms with Gasteiger partial charge in [-0.2, -0.15) is 12.1 Å². The second kappa shape index (κ2) is 19.6. The molecular formula is C64H63N8OPt-3. The predicted molar refractivity (Wildman–Crippen MR) is 297 cm³/mol. The van der Waals surface area contributed by atoms with Gasteiger partial charge >= 0.3 is 0 Å². The predicted octanol–water partition coefficient (Wildman–Crippen LogP) is 13.2. The van der Waals surface area contributed by atoms with E-state index in [1.54, 1.807) is 0 Å². The molecule has 3 aliphatic rings. The maximum absolute atomic E-state index is 6.80. The molecule has 0 amide bonds. The van der Waals surface area contributed by atoms with Gasteiger partial charge < -0.3 is 19.1 Å². The minimum absolute atomic E-state index is 0. The quantitative estimate of drug-likeness (QED) is 0.133. The van der Waals surface area contributed by atoms with E-state index in [0.717, 1.165) is 89.4 Å². The summed E-state index contributed by atoms with van der Waals surface area (Å²) >= 11 is 0. The summed E-state index contributed by atoms with van der Waals surface area (Å²) in [7, 11) is 9.20. The fourth-order valence-corrected chi connectivity index (χ4v) is 12.5. The van der Waals surface area contributed by atoms with Crippen LogP contribution in [0, 0.1) is 18.8 Å². The summed E-state index contributed by atoms with van der Waals surface area (Å²) in [5.41, 5.74) is 11.0. The third-order valence-electron chi connectivity index (χ3n) is 15.8. The summed E-state index contributed by atoms with van der Waals surface area (Å²) in [6.07, 6.45) is 4.07. The van der Waals surface area contributed by atoms with Crippen molar-refractivity contribution < 1.29 is 25.8 Å². The van der Waals surface area contributed by atoms with Crippen LogP contribution >= 0.6 is 0 Å². The zero-order valence-electron chi connectivity index (χ0n) is 43.4. The molecule has 7 aromatic carbocycles. The van der Waals surface area contributed by atoms with Crippen LogP contribution in [0.1, 0.15) is 61.4 Å². The molecule has 2 saturated heterocycles. The number of ether oxygens (including phenoxy) is 1. The van der Waals surface area contributed by atoms with E-state index in [-0.39, 0.29) is 26.5 Å². The number of hydrogen-bond acceptors (Lipinski definition) is 8. The van der Waals surface area contributed by atoms with Crippen molar-refractivity contribution >= 4 is 44.6 Å². The zero-order chi connectivity index (χ0) is 50.1. The van der Waals surface area contributed by atoms with Gasteiger partial charge in [-0.25, -0.2) is 4.98 Å². The molecule has 0 bridgehead atoms. The Hall–Kier alpha value is -6.58. The third-order valence-corrected chi connectivity index (χ3v) is 15.8. The number of nitrogens with zero attached hydrogens (tertiary/aromatic N) is 8. The molecule has 3 aliphatic heterocycles. The molecule has 10 heteroatoms. The number of hydrogen-bond donors (Lipinski definition) is 0. The van der Waals surface area contributed by atoms with Crippen molar-refractivity contribution in [2.24, 2.45) is 0 Å². The Balaban J connectivity index is 0.00000588. The Morgan fingerprint density at radius 1 is 0.541 bits per heavy atom. The first-order valence-electron chi connectivity index (χ1n) is 25.7. The number of anilines is 4. The Kier molecular flexibility index (Phi) is 13.1. The van der Waals surface area contributed by atoms with E-state index in [1.807, 2.05) is 18.3 Å². The normalized spacial score (nSPS) is 17.4. The van der Waals surface area contributed by atoms with Crippen molar-refractivity contribution in [2.45, 2.75) is 50.4 Å². The Morgan fingerprint density at radius 2 is 1.08 bits per heavy atom. The summed E-state index contributed by atoms with van der Waals surface area (Å²) in [6, 6.07) is 68.6. The van der Waals surface area contributed by atoms with Crippen LogP contribution in [-0.4, -0.2) is 83.5 Å². The molecule has 12 rings (SSSR count). The van der Waals surface area contributed by atoms with Crippen LogP contribution in [0.4, 0.5) is 22.7 Å². The van der Waals surface area contributed by atoms with Gasteiger partial charge in [0.2, 0.25) is 0 Å². The Morgan fingerprint density at radius 3 is 1.69 bits per heavy atom. The number of fused-ring (bicyclic) bond motifs is 4. The monoisotopic (exact) mass is 1150 g/mol. The first-order valence-corrected chi connectivity index (χ1v) is 25.7. The summed E-state index contributed by atoms with van der Waals surface area (Å²) in [5, 5.41) is 2.23. The number of rotatable bonds is 9. The minimum Gasteiger partial charge on any atom is -0.509 e. The number of benzene rings is 7. The fourth-order valence-electron chi connectivity index (χ4n) is 12.5. The molecule has 0 unspecified atom stereocenters. The first-order chi connectivity index (χ1) is 35.5. The van der Waals surface area contributed by atoms with E-state index in [0.29, 0.717) is 11.5 Å². The van der Waals surface area contributed by atoms with Crippen molar-refractivity contribution in [3.05, 3.63) is 223 Å². The molecule has 2 fully saturated rings. The van der Waals surface area contributed by atoms with Gasteiger partial charge in [0.15, 0.2) is 0 Å². The molecule has 9 aromatic rings. The largest absolute Gasteiger partial charge is 0.509 e. The summed E-state index contributed by atoms with van der Waals surface area (Å²) in [5.74, 6) is 2.05. The van der Waals surface area contributed by atoms with Crippen LogP contribution in [0.15, 0.2) is 176 Å². The molecule has 0 N–H and O–H groups in total. The molecule has 5 heterocycles. The molecule has 378 valence electrons. The van der Waals surface area contributed by atoms with Gasteiger partial charge in [0.05, 0.1) is 0 Å². The van der Waals surface area contributed by atoms with Crippen LogP contribution in [0.2, 0.25) is 0 Å². The van der Waals surface area contributed by atoms with Crippen molar-refractivity contribution in [1.29, 1.82) is 0 Å². The van der Waals surface area contributed by atoms with Gasteiger partial charge in [0.25, 0.3) is 0 Å². The van der Waals surface area contributed by atoms with E-state index < -0.39 is 11.3 Å². The molecule has 0 spiro atoms. The van der Waals surface area contributed by atoms with E-state index in [2.05, 4.69) is 259 Å². The van der Waals surface area contributed by atoms with Crippen molar-refractivity contribution in [2.75, 3.05) is 64.2 Å². The minimum atomic E-state index is -0.598. The topological polar surface area (TPSA) is 46.5 Å². The third kappa shape index (κ3) is 7.98. The van der Waals surface area contributed by atoms with Crippen molar-refractivity contribution in [3.63, 3.8) is 0 Å². The average Bonchev–Trinajstić information content (AvgIpc) is 3.95. The maximum Gasteiger partial charge on any atom is 0.135 e. The molecule has 9 nitrogen and oxygen atoms in total. The van der Waals surface area contributed by atoms with Crippen LogP contribution in [-0.2, 0) is 37.8 Å². The van der Waals surface area contributed by atoms with Crippen molar-refractivity contribution in [3.8, 4) is 17.3 Å². The number of pyridine rings is 1. The Labute approximate surface area is 451 Å². The van der Waals surface area contributed by atoms with Gasteiger partial charge in [-0.1, -0.05) is 135 Å².